The fraction of sp³-hybridized carbons (Fsp3) is 0.696. The second kappa shape index (κ2) is 14.2. The van der Waals surface area contributed by atoms with Gasteiger partial charge in [-0.25, -0.2) is 0 Å². The van der Waals surface area contributed by atoms with Crippen molar-refractivity contribution < 1.29 is 4.74 Å². The Balaban J connectivity index is 0.00000320. The molecule has 1 aromatic carbocycles. The molecule has 3 rings (SSSR count). The maximum atomic E-state index is 5.26. The summed E-state index contributed by atoms with van der Waals surface area (Å²) in [4.78, 5) is 10.0. The largest absolute Gasteiger partial charge is 0.383 e. The van der Waals surface area contributed by atoms with Gasteiger partial charge in [0.15, 0.2) is 5.96 Å². The Morgan fingerprint density at radius 1 is 1.13 bits per heavy atom. The van der Waals surface area contributed by atoms with Crippen molar-refractivity contribution in [1.82, 2.24) is 20.4 Å². The van der Waals surface area contributed by atoms with Gasteiger partial charge in [-0.2, -0.15) is 0 Å². The second-order valence-corrected chi connectivity index (χ2v) is 8.22. The second-order valence-electron chi connectivity index (χ2n) is 8.22. The summed E-state index contributed by atoms with van der Waals surface area (Å²) in [6.45, 7) is 10.2. The van der Waals surface area contributed by atoms with Gasteiger partial charge in [0.1, 0.15) is 0 Å². The maximum absolute atomic E-state index is 5.26. The van der Waals surface area contributed by atoms with Gasteiger partial charge in [-0.1, -0.05) is 30.3 Å². The highest BCUT2D eigenvalue weighted by Crippen LogP contribution is 2.17. The van der Waals surface area contributed by atoms with E-state index in [4.69, 9.17) is 9.73 Å². The normalized spacial score (nSPS) is 21.4. The lowest BCUT2D eigenvalue weighted by Gasteiger charge is -2.33. The summed E-state index contributed by atoms with van der Waals surface area (Å²) >= 11 is 0. The van der Waals surface area contributed by atoms with Crippen LogP contribution in [0.15, 0.2) is 35.3 Å². The molecule has 1 atom stereocenters. The zero-order chi connectivity index (χ0) is 20.3. The van der Waals surface area contributed by atoms with Crippen LogP contribution in [-0.2, 0) is 11.3 Å². The number of piperidine rings is 1. The number of nitrogens with zero attached hydrogens (tertiary/aromatic N) is 3. The molecular weight excluding hydrogens is 489 g/mol. The van der Waals surface area contributed by atoms with Gasteiger partial charge >= 0.3 is 0 Å². The van der Waals surface area contributed by atoms with E-state index in [1.54, 1.807) is 7.11 Å². The van der Waals surface area contributed by atoms with E-state index in [-0.39, 0.29) is 24.0 Å². The van der Waals surface area contributed by atoms with Crippen molar-refractivity contribution in [3.63, 3.8) is 0 Å². The van der Waals surface area contributed by atoms with Crippen LogP contribution in [0.5, 0.6) is 0 Å². The lowest BCUT2D eigenvalue weighted by atomic mass is 10.0. The third kappa shape index (κ3) is 8.32. The standard InChI is InChI=1S/C23H39N5O.HI/c1-3-24-23(25-18-22-10-7-13-28(22)16-17-29-2)26-21-11-14-27(15-12-21)19-20-8-5-4-6-9-20;/h4-6,8-9,21-22H,3,7,10-19H2,1-2H3,(H2,24,25,26);1H. The summed E-state index contributed by atoms with van der Waals surface area (Å²) in [5.74, 6) is 0.979. The first-order chi connectivity index (χ1) is 14.3. The van der Waals surface area contributed by atoms with Crippen LogP contribution in [0.3, 0.4) is 0 Å². The van der Waals surface area contributed by atoms with Crippen molar-refractivity contribution in [3.05, 3.63) is 35.9 Å². The predicted molar refractivity (Wildman–Crippen MR) is 136 cm³/mol. The number of nitrogens with one attached hydrogen (secondary N) is 2. The number of rotatable bonds is 9. The summed E-state index contributed by atoms with van der Waals surface area (Å²) < 4.78 is 5.26. The Labute approximate surface area is 199 Å². The van der Waals surface area contributed by atoms with Crippen molar-refractivity contribution >= 4 is 29.9 Å². The molecule has 2 N–H and O–H groups in total. The SMILES string of the molecule is CCNC(=NCC1CCCN1CCOC)NC1CCN(Cc2ccccc2)CC1.I. The first kappa shape index (κ1) is 25.4. The number of methoxy groups -OCH3 is 1. The molecule has 2 saturated heterocycles. The first-order valence-electron chi connectivity index (χ1n) is 11.3. The molecule has 0 bridgehead atoms. The van der Waals surface area contributed by atoms with Gasteiger partial charge in [0.05, 0.1) is 13.2 Å². The van der Waals surface area contributed by atoms with E-state index in [0.717, 1.165) is 51.8 Å². The third-order valence-corrected chi connectivity index (χ3v) is 6.06. The van der Waals surface area contributed by atoms with Crippen molar-refractivity contribution in [2.45, 2.75) is 51.2 Å². The summed E-state index contributed by atoms with van der Waals surface area (Å²) in [6, 6.07) is 11.8. The maximum Gasteiger partial charge on any atom is 0.191 e. The van der Waals surface area contributed by atoms with Crippen LogP contribution in [-0.4, -0.2) is 80.8 Å². The highest BCUT2D eigenvalue weighted by molar-refractivity contribution is 14.0. The van der Waals surface area contributed by atoms with Crippen LogP contribution >= 0.6 is 24.0 Å². The smallest absolute Gasteiger partial charge is 0.191 e. The zero-order valence-electron chi connectivity index (χ0n) is 18.7. The van der Waals surface area contributed by atoms with Crippen molar-refractivity contribution in [1.29, 1.82) is 0 Å². The molecule has 0 aliphatic carbocycles. The predicted octanol–water partition coefficient (Wildman–Crippen LogP) is 2.93. The molecule has 1 unspecified atom stereocenters. The number of aliphatic imine (C=N–C) groups is 1. The monoisotopic (exact) mass is 529 g/mol. The van der Waals surface area contributed by atoms with Crippen LogP contribution in [0.4, 0.5) is 0 Å². The van der Waals surface area contributed by atoms with Crippen molar-refractivity contribution in [2.24, 2.45) is 4.99 Å². The van der Waals surface area contributed by atoms with E-state index >= 15 is 0 Å². The van der Waals surface area contributed by atoms with Gasteiger partial charge in [-0.15, -0.1) is 24.0 Å². The number of hydrogen-bond acceptors (Lipinski definition) is 4. The van der Waals surface area contributed by atoms with Crippen LogP contribution < -0.4 is 10.6 Å². The molecule has 2 fully saturated rings. The molecule has 0 saturated carbocycles. The molecule has 0 aromatic heterocycles. The van der Waals surface area contributed by atoms with Gasteiger partial charge in [-0.3, -0.25) is 14.8 Å². The molecule has 2 aliphatic heterocycles. The first-order valence-corrected chi connectivity index (χ1v) is 11.3. The van der Waals surface area contributed by atoms with E-state index < -0.39 is 0 Å². The summed E-state index contributed by atoms with van der Waals surface area (Å²) in [7, 11) is 1.78. The summed E-state index contributed by atoms with van der Waals surface area (Å²) in [5, 5.41) is 7.14. The number of likely N-dealkylation sites (tertiary alicyclic amines) is 2. The minimum absolute atomic E-state index is 0. The molecule has 30 heavy (non-hydrogen) atoms. The van der Waals surface area contributed by atoms with Crippen molar-refractivity contribution in [3.8, 4) is 0 Å². The van der Waals surface area contributed by atoms with E-state index in [1.165, 1.54) is 37.8 Å². The summed E-state index contributed by atoms with van der Waals surface area (Å²) in [5.41, 5.74) is 1.41. The lowest BCUT2D eigenvalue weighted by Crippen LogP contribution is -2.49. The Kier molecular flexibility index (Phi) is 12.0. The van der Waals surface area contributed by atoms with Gasteiger partial charge in [0, 0.05) is 51.9 Å². The van der Waals surface area contributed by atoms with Crippen LogP contribution in [0.25, 0.3) is 0 Å². The van der Waals surface area contributed by atoms with E-state index in [0.29, 0.717) is 12.1 Å². The van der Waals surface area contributed by atoms with Crippen LogP contribution in [0, 0.1) is 0 Å². The lowest BCUT2D eigenvalue weighted by molar-refractivity contribution is 0.142. The average molecular weight is 530 g/mol. The molecule has 2 heterocycles. The number of halogens is 1. The molecular formula is C23H40IN5O. The molecule has 2 aliphatic rings. The Hall–Kier alpha value is -0.900. The van der Waals surface area contributed by atoms with Crippen LogP contribution in [0.1, 0.15) is 38.2 Å². The van der Waals surface area contributed by atoms with Gasteiger partial charge in [-0.05, 0) is 44.7 Å². The molecule has 0 spiro atoms. The zero-order valence-corrected chi connectivity index (χ0v) is 21.0. The molecule has 7 heteroatoms. The Morgan fingerprint density at radius 3 is 2.60 bits per heavy atom. The van der Waals surface area contributed by atoms with E-state index in [1.807, 2.05) is 0 Å². The van der Waals surface area contributed by atoms with Gasteiger partial charge in [0.2, 0.25) is 0 Å². The molecule has 170 valence electrons. The molecule has 1 aromatic rings. The van der Waals surface area contributed by atoms with E-state index in [2.05, 4.69) is 57.7 Å². The molecule has 0 amide bonds. The Morgan fingerprint density at radius 2 is 1.90 bits per heavy atom. The molecule has 6 nitrogen and oxygen atoms in total. The van der Waals surface area contributed by atoms with E-state index in [9.17, 15) is 0 Å². The average Bonchev–Trinajstić information content (AvgIpc) is 3.20. The fourth-order valence-corrected chi connectivity index (χ4v) is 4.39. The minimum atomic E-state index is 0. The number of guanidine groups is 1. The van der Waals surface area contributed by atoms with Gasteiger partial charge in [0.25, 0.3) is 0 Å². The highest BCUT2D eigenvalue weighted by atomic mass is 127. The third-order valence-electron chi connectivity index (χ3n) is 6.06. The topological polar surface area (TPSA) is 52.1 Å². The fourth-order valence-electron chi connectivity index (χ4n) is 4.39. The number of ether oxygens (including phenoxy) is 1. The highest BCUT2D eigenvalue weighted by Gasteiger charge is 2.24. The Bertz CT molecular complexity index is 607. The quantitative estimate of drug-likeness (QED) is 0.293. The van der Waals surface area contributed by atoms with Gasteiger partial charge < -0.3 is 15.4 Å². The number of benzene rings is 1. The minimum Gasteiger partial charge on any atom is -0.383 e. The summed E-state index contributed by atoms with van der Waals surface area (Å²) in [6.07, 6.45) is 4.85. The van der Waals surface area contributed by atoms with Crippen molar-refractivity contribution in [2.75, 3.05) is 53.0 Å². The van der Waals surface area contributed by atoms with Crippen LogP contribution in [0.2, 0.25) is 0 Å². The molecule has 0 radical (unpaired) electrons. The number of hydrogen-bond donors (Lipinski definition) is 2.